The summed E-state index contributed by atoms with van der Waals surface area (Å²) in [5.74, 6) is -0.515. The molecule has 0 aromatic carbocycles. The van der Waals surface area contributed by atoms with Crippen molar-refractivity contribution in [3.8, 4) is 6.07 Å². The van der Waals surface area contributed by atoms with Gasteiger partial charge < -0.3 is 0 Å². The molecule has 0 saturated carbocycles. The van der Waals surface area contributed by atoms with E-state index in [1.807, 2.05) is 6.07 Å². The molecular formula is C7H6FNO2S2. The zero-order valence-electron chi connectivity index (χ0n) is 6.53. The van der Waals surface area contributed by atoms with Crippen molar-refractivity contribution < 1.29 is 12.3 Å². The first-order chi connectivity index (χ1) is 6.01. The summed E-state index contributed by atoms with van der Waals surface area (Å²) in [6, 6.07) is 3.48. The Kier molecular flexibility index (Phi) is 3.01. The average molecular weight is 219 g/mol. The van der Waals surface area contributed by atoms with Gasteiger partial charge in [-0.25, -0.2) is 0 Å². The number of hydrogen-bond donors (Lipinski definition) is 0. The van der Waals surface area contributed by atoms with E-state index in [4.69, 9.17) is 5.26 Å². The quantitative estimate of drug-likeness (QED) is 0.723. The Bertz CT molecular complexity index is 430. The van der Waals surface area contributed by atoms with Gasteiger partial charge in [0.2, 0.25) is 0 Å². The monoisotopic (exact) mass is 219 g/mol. The van der Waals surface area contributed by atoms with Crippen LogP contribution in [0.2, 0.25) is 0 Å². The van der Waals surface area contributed by atoms with Gasteiger partial charge in [0.25, 0.3) is 0 Å². The van der Waals surface area contributed by atoms with E-state index in [9.17, 15) is 12.3 Å². The van der Waals surface area contributed by atoms with Crippen LogP contribution in [0.15, 0.2) is 11.4 Å². The molecular weight excluding hydrogens is 213 g/mol. The summed E-state index contributed by atoms with van der Waals surface area (Å²) in [7, 11) is -4.40. The number of nitriles is 1. The Morgan fingerprint density at radius 2 is 2.31 bits per heavy atom. The van der Waals surface area contributed by atoms with Crippen LogP contribution < -0.4 is 0 Å². The van der Waals surface area contributed by atoms with Gasteiger partial charge in [-0.15, -0.1) is 15.2 Å². The molecule has 0 radical (unpaired) electrons. The summed E-state index contributed by atoms with van der Waals surface area (Å²) in [6.45, 7) is 0. The smallest absolute Gasteiger partial charge is 0.195 e. The maximum absolute atomic E-state index is 12.1. The third-order valence-corrected chi connectivity index (χ3v) is 3.06. The molecule has 3 nitrogen and oxygen atoms in total. The molecule has 6 heteroatoms. The zero-order valence-corrected chi connectivity index (χ0v) is 8.16. The summed E-state index contributed by atoms with van der Waals surface area (Å²) in [4.78, 5) is 0.706. The molecule has 0 aliphatic carbocycles. The van der Waals surface area contributed by atoms with E-state index < -0.39 is 16.0 Å². The van der Waals surface area contributed by atoms with Crippen LogP contribution in [0, 0.1) is 11.3 Å². The Balaban J connectivity index is 2.62. The van der Waals surface area contributed by atoms with Crippen LogP contribution in [-0.2, 0) is 16.6 Å². The molecule has 0 aliphatic heterocycles. The number of hydrogen-bond acceptors (Lipinski definition) is 4. The number of rotatable bonds is 3. The van der Waals surface area contributed by atoms with Gasteiger partial charge in [-0.3, -0.25) is 0 Å². The molecule has 0 aliphatic rings. The van der Waals surface area contributed by atoms with Crippen LogP contribution in [0.25, 0.3) is 0 Å². The van der Waals surface area contributed by atoms with Crippen LogP contribution in [0.1, 0.15) is 10.4 Å². The van der Waals surface area contributed by atoms with E-state index in [1.54, 1.807) is 11.4 Å². The van der Waals surface area contributed by atoms with Crippen molar-refractivity contribution in [2.75, 3.05) is 5.75 Å². The normalized spacial score (nSPS) is 11.1. The Labute approximate surface area is 79.6 Å². The minimum absolute atomic E-state index is 0.130. The van der Waals surface area contributed by atoms with E-state index in [0.717, 1.165) is 0 Å². The molecule has 0 bridgehead atoms. The predicted molar refractivity (Wildman–Crippen MR) is 47.6 cm³/mol. The second-order valence-corrected chi connectivity index (χ2v) is 4.89. The van der Waals surface area contributed by atoms with Crippen LogP contribution in [0.3, 0.4) is 0 Å². The minimum Gasteiger partial charge on any atom is -0.195 e. The molecule has 1 rings (SSSR count). The lowest BCUT2D eigenvalue weighted by Crippen LogP contribution is -2.00. The topological polar surface area (TPSA) is 57.9 Å². The lowest BCUT2D eigenvalue weighted by atomic mass is 10.3. The number of nitrogens with zero attached hydrogens (tertiary/aromatic N) is 1. The van der Waals surface area contributed by atoms with Gasteiger partial charge in [-0.2, -0.15) is 13.7 Å². The van der Waals surface area contributed by atoms with E-state index in [0.29, 0.717) is 10.4 Å². The van der Waals surface area contributed by atoms with Crippen molar-refractivity contribution >= 4 is 21.6 Å². The zero-order chi connectivity index (χ0) is 9.90. The summed E-state index contributed by atoms with van der Waals surface area (Å²) in [6.07, 6.45) is 0.130. The van der Waals surface area contributed by atoms with Crippen LogP contribution in [0.5, 0.6) is 0 Å². The highest BCUT2D eigenvalue weighted by atomic mass is 32.3. The largest absolute Gasteiger partial charge is 0.302 e. The molecule has 1 aromatic rings. The molecule has 0 N–H and O–H groups in total. The predicted octanol–water partition coefficient (Wildman–Crippen LogP) is 1.46. The highest BCUT2D eigenvalue weighted by Crippen LogP contribution is 2.15. The lowest BCUT2D eigenvalue weighted by Gasteiger charge is -1.90. The number of halogens is 1. The Morgan fingerprint density at radius 3 is 2.77 bits per heavy atom. The minimum atomic E-state index is -4.40. The van der Waals surface area contributed by atoms with Crippen molar-refractivity contribution in [2.45, 2.75) is 6.42 Å². The summed E-state index contributed by atoms with van der Waals surface area (Å²) in [5.41, 5.74) is 0.483. The number of aryl methyl sites for hydroxylation is 1. The van der Waals surface area contributed by atoms with Crippen molar-refractivity contribution in [1.29, 1.82) is 5.26 Å². The van der Waals surface area contributed by atoms with Gasteiger partial charge in [-0.05, 0) is 12.5 Å². The first-order valence-corrected chi connectivity index (χ1v) is 5.84. The van der Waals surface area contributed by atoms with Crippen LogP contribution in [-0.4, -0.2) is 14.2 Å². The van der Waals surface area contributed by atoms with Crippen molar-refractivity contribution in [3.05, 3.63) is 21.9 Å². The molecule has 0 atom stereocenters. The average Bonchev–Trinajstić information content (AvgIpc) is 2.47. The highest BCUT2D eigenvalue weighted by molar-refractivity contribution is 7.86. The Hall–Kier alpha value is -0.930. The van der Waals surface area contributed by atoms with Gasteiger partial charge in [0, 0.05) is 10.3 Å². The third kappa shape index (κ3) is 3.53. The van der Waals surface area contributed by atoms with Gasteiger partial charge in [0.15, 0.2) is 0 Å². The van der Waals surface area contributed by atoms with Crippen molar-refractivity contribution in [3.63, 3.8) is 0 Å². The maximum atomic E-state index is 12.1. The molecule has 1 heterocycles. The molecule has 0 fully saturated rings. The molecule has 13 heavy (non-hydrogen) atoms. The molecule has 70 valence electrons. The SMILES string of the molecule is N#Cc1csc(CCS(=O)(=O)F)c1. The Morgan fingerprint density at radius 1 is 1.62 bits per heavy atom. The van der Waals surface area contributed by atoms with Gasteiger partial charge in [0.1, 0.15) is 0 Å². The van der Waals surface area contributed by atoms with E-state index in [2.05, 4.69) is 0 Å². The van der Waals surface area contributed by atoms with Gasteiger partial charge >= 0.3 is 10.2 Å². The summed E-state index contributed by atoms with van der Waals surface area (Å²) >= 11 is 1.26. The van der Waals surface area contributed by atoms with Crippen LogP contribution in [0.4, 0.5) is 3.89 Å². The van der Waals surface area contributed by atoms with E-state index >= 15 is 0 Å². The second-order valence-electron chi connectivity index (χ2n) is 2.41. The molecule has 0 spiro atoms. The molecule has 0 saturated heterocycles. The number of thiophene rings is 1. The van der Waals surface area contributed by atoms with E-state index in [1.165, 1.54) is 11.3 Å². The van der Waals surface area contributed by atoms with Crippen molar-refractivity contribution in [1.82, 2.24) is 0 Å². The summed E-state index contributed by atoms with van der Waals surface area (Å²) < 4.78 is 32.4. The molecule has 0 amide bonds. The standard InChI is InChI=1S/C7H6FNO2S2/c8-13(10,11)2-1-7-3-6(4-9)5-12-7/h3,5H,1-2H2. The second kappa shape index (κ2) is 3.85. The summed E-state index contributed by atoms with van der Waals surface area (Å²) in [5, 5.41) is 10.1. The fourth-order valence-electron chi connectivity index (χ4n) is 0.793. The lowest BCUT2D eigenvalue weighted by molar-refractivity contribution is 0.551. The van der Waals surface area contributed by atoms with Crippen molar-refractivity contribution in [2.24, 2.45) is 0 Å². The van der Waals surface area contributed by atoms with Gasteiger partial charge in [0.05, 0.1) is 17.4 Å². The third-order valence-electron chi connectivity index (χ3n) is 1.38. The molecule has 0 unspecified atom stereocenters. The van der Waals surface area contributed by atoms with Gasteiger partial charge in [-0.1, -0.05) is 0 Å². The highest BCUT2D eigenvalue weighted by Gasteiger charge is 2.08. The van der Waals surface area contributed by atoms with Crippen LogP contribution >= 0.6 is 11.3 Å². The fourth-order valence-corrected chi connectivity index (χ4v) is 2.20. The first-order valence-electron chi connectivity index (χ1n) is 3.41. The molecule has 1 aromatic heterocycles. The maximum Gasteiger partial charge on any atom is 0.302 e. The first kappa shape index (κ1) is 10.2. The van der Waals surface area contributed by atoms with E-state index in [-0.39, 0.29) is 6.42 Å². The fraction of sp³-hybridized carbons (Fsp3) is 0.286.